The Morgan fingerprint density at radius 1 is 1.19 bits per heavy atom. The van der Waals surface area contributed by atoms with E-state index in [2.05, 4.69) is 0 Å². The summed E-state index contributed by atoms with van der Waals surface area (Å²) in [4.78, 5) is 25.0. The standard InChI is InChI=1S/C15H15Cl2NO3/c16-12-4-3-5-13(17)11(12)6-7-15(20)21-10-14(19)18-8-1-2-9-18/h3-7H,1-2,8-10H2. The van der Waals surface area contributed by atoms with Crippen molar-refractivity contribution in [2.24, 2.45) is 0 Å². The fraction of sp³-hybridized carbons (Fsp3) is 0.333. The van der Waals surface area contributed by atoms with Gasteiger partial charge in [0.05, 0.1) is 0 Å². The second-order valence-corrected chi connectivity index (χ2v) is 5.48. The van der Waals surface area contributed by atoms with E-state index in [-0.39, 0.29) is 12.5 Å². The Hall–Kier alpha value is -1.52. The lowest BCUT2D eigenvalue weighted by Crippen LogP contribution is -2.31. The number of amides is 1. The number of halogens is 2. The van der Waals surface area contributed by atoms with Crippen LogP contribution in [0.2, 0.25) is 10.0 Å². The molecule has 1 aromatic carbocycles. The Morgan fingerprint density at radius 2 is 1.81 bits per heavy atom. The number of likely N-dealkylation sites (tertiary alicyclic amines) is 1. The molecule has 6 heteroatoms. The summed E-state index contributed by atoms with van der Waals surface area (Å²) in [7, 11) is 0. The van der Waals surface area contributed by atoms with E-state index >= 15 is 0 Å². The molecule has 1 aliphatic heterocycles. The van der Waals surface area contributed by atoms with Crippen LogP contribution in [-0.2, 0) is 14.3 Å². The number of ether oxygens (including phenoxy) is 1. The van der Waals surface area contributed by atoms with Gasteiger partial charge in [0.2, 0.25) is 0 Å². The van der Waals surface area contributed by atoms with Gasteiger partial charge in [0, 0.05) is 34.8 Å². The maximum atomic E-state index is 11.7. The predicted molar refractivity (Wildman–Crippen MR) is 82.3 cm³/mol. The highest BCUT2D eigenvalue weighted by Crippen LogP contribution is 2.25. The van der Waals surface area contributed by atoms with Crippen molar-refractivity contribution >= 4 is 41.2 Å². The van der Waals surface area contributed by atoms with Crippen LogP contribution in [0.25, 0.3) is 6.08 Å². The smallest absolute Gasteiger partial charge is 0.331 e. The first-order valence-corrected chi connectivity index (χ1v) is 7.40. The number of benzene rings is 1. The van der Waals surface area contributed by atoms with E-state index in [9.17, 15) is 9.59 Å². The van der Waals surface area contributed by atoms with Gasteiger partial charge in [0.15, 0.2) is 6.61 Å². The van der Waals surface area contributed by atoms with Crippen molar-refractivity contribution in [3.05, 3.63) is 39.9 Å². The van der Waals surface area contributed by atoms with Gasteiger partial charge in [-0.05, 0) is 31.1 Å². The summed E-state index contributed by atoms with van der Waals surface area (Å²) in [5, 5.41) is 0.888. The lowest BCUT2D eigenvalue weighted by molar-refractivity contribution is -0.147. The van der Waals surface area contributed by atoms with Crippen LogP contribution in [0.15, 0.2) is 24.3 Å². The van der Waals surface area contributed by atoms with Crippen LogP contribution in [0.1, 0.15) is 18.4 Å². The highest BCUT2D eigenvalue weighted by molar-refractivity contribution is 6.37. The van der Waals surface area contributed by atoms with Crippen LogP contribution in [0.4, 0.5) is 0 Å². The lowest BCUT2D eigenvalue weighted by Gasteiger charge is -2.14. The molecule has 21 heavy (non-hydrogen) atoms. The number of hydrogen-bond donors (Lipinski definition) is 0. The number of nitrogens with zero attached hydrogens (tertiary/aromatic N) is 1. The minimum atomic E-state index is -0.599. The molecule has 0 radical (unpaired) electrons. The van der Waals surface area contributed by atoms with Gasteiger partial charge in [0.25, 0.3) is 5.91 Å². The Morgan fingerprint density at radius 3 is 2.43 bits per heavy atom. The van der Waals surface area contributed by atoms with Crippen molar-refractivity contribution in [1.29, 1.82) is 0 Å². The molecule has 1 heterocycles. The van der Waals surface area contributed by atoms with Crippen molar-refractivity contribution in [2.75, 3.05) is 19.7 Å². The molecule has 1 fully saturated rings. The van der Waals surface area contributed by atoms with Gasteiger partial charge in [0.1, 0.15) is 0 Å². The van der Waals surface area contributed by atoms with E-state index in [4.69, 9.17) is 27.9 Å². The van der Waals surface area contributed by atoms with E-state index in [0.29, 0.717) is 15.6 Å². The number of esters is 1. The summed E-state index contributed by atoms with van der Waals surface area (Å²) in [6.07, 6.45) is 4.70. The van der Waals surface area contributed by atoms with E-state index < -0.39 is 5.97 Å². The molecule has 0 aliphatic carbocycles. The third-order valence-electron chi connectivity index (χ3n) is 3.18. The Balaban J connectivity index is 1.86. The zero-order chi connectivity index (χ0) is 15.2. The van der Waals surface area contributed by atoms with Gasteiger partial charge in [-0.25, -0.2) is 4.79 Å². The maximum Gasteiger partial charge on any atom is 0.331 e. The molecule has 0 saturated carbocycles. The molecule has 1 amide bonds. The zero-order valence-corrected chi connectivity index (χ0v) is 12.9. The average Bonchev–Trinajstić information content (AvgIpc) is 2.98. The van der Waals surface area contributed by atoms with Gasteiger partial charge in [-0.1, -0.05) is 29.3 Å². The average molecular weight is 328 g/mol. The van der Waals surface area contributed by atoms with Crippen molar-refractivity contribution in [2.45, 2.75) is 12.8 Å². The first-order chi connectivity index (χ1) is 10.1. The molecule has 0 atom stereocenters. The minimum absolute atomic E-state index is 0.162. The summed E-state index contributed by atoms with van der Waals surface area (Å²) in [5.74, 6) is -0.761. The van der Waals surface area contributed by atoms with Crippen molar-refractivity contribution < 1.29 is 14.3 Å². The highest BCUT2D eigenvalue weighted by Gasteiger charge is 2.18. The van der Waals surface area contributed by atoms with Crippen LogP contribution in [-0.4, -0.2) is 36.5 Å². The maximum absolute atomic E-state index is 11.7. The van der Waals surface area contributed by atoms with Gasteiger partial charge >= 0.3 is 5.97 Å². The quantitative estimate of drug-likeness (QED) is 0.630. The van der Waals surface area contributed by atoms with Gasteiger partial charge in [-0.15, -0.1) is 0 Å². The van der Waals surface area contributed by atoms with Crippen molar-refractivity contribution in [1.82, 2.24) is 4.90 Å². The number of rotatable bonds is 4. The Bertz CT molecular complexity index is 546. The first kappa shape index (κ1) is 15.9. The normalized spacial score (nSPS) is 14.7. The molecule has 1 aliphatic rings. The number of hydrogen-bond acceptors (Lipinski definition) is 3. The van der Waals surface area contributed by atoms with Gasteiger partial charge in [-0.3, -0.25) is 4.79 Å². The zero-order valence-electron chi connectivity index (χ0n) is 11.4. The highest BCUT2D eigenvalue weighted by atomic mass is 35.5. The summed E-state index contributed by atoms with van der Waals surface area (Å²) >= 11 is 12.0. The minimum Gasteiger partial charge on any atom is -0.452 e. The fourth-order valence-electron chi connectivity index (χ4n) is 2.06. The van der Waals surface area contributed by atoms with Crippen LogP contribution in [0.3, 0.4) is 0 Å². The van der Waals surface area contributed by atoms with E-state index in [1.165, 1.54) is 12.2 Å². The van der Waals surface area contributed by atoms with Crippen LogP contribution in [0.5, 0.6) is 0 Å². The lowest BCUT2D eigenvalue weighted by atomic mass is 10.2. The molecule has 0 spiro atoms. The molecule has 1 saturated heterocycles. The monoisotopic (exact) mass is 327 g/mol. The van der Waals surface area contributed by atoms with Crippen molar-refractivity contribution in [3.63, 3.8) is 0 Å². The van der Waals surface area contributed by atoms with E-state index in [1.807, 2.05) is 0 Å². The van der Waals surface area contributed by atoms with E-state index in [1.54, 1.807) is 23.1 Å². The van der Waals surface area contributed by atoms with Gasteiger partial charge < -0.3 is 9.64 Å². The predicted octanol–water partition coefficient (Wildman–Crippen LogP) is 3.17. The summed E-state index contributed by atoms with van der Waals surface area (Å²) < 4.78 is 4.91. The molecule has 2 rings (SSSR count). The Kier molecular flexibility index (Phi) is 5.65. The summed E-state index contributed by atoms with van der Waals surface area (Å²) in [5.41, 5.74) is 0.545. The van der Waals surface area contributed by atoms with E-state index in [0.717, 1.165) is 25.9 Å². The molecule has 4 nitrogen and oxygen atoms in total. The van der Waals surface area contributed by atoms with Gasteiger partial charge in [-0.2, -0.15) is 0 Å². The fourth-order valence-corrected chi connectivity index (χ4v) is 2.58. The van der Waals surface area contributed by atoms with Crippen LogP contribution < -0.4 is 0 Å². The molecule has 0 unspecified atom stereocenters. The second kappa shape index (κ2) is 7.48. The molecule has 0 bridgehead atoms. The summed E-state index contributed by atoms with van der Waals surface area (Å²) in [6.45, 7) is 1.24. The van der Waals surface area contributed by atoms with Crippen LogP contribution >= 0.6 is 23.2 Å². The third kappa shape index (κ3) is 4.48. The first-order valence-electron chi connectivity index (χ1n) is 6.64. The second-order valence-electron chi connectivity index (χ2n) is 4.66. The molecular formula is C15H15Cl2NO3. The number of carbonyl (C=O) groups is 2. The topological polar surface area (TPSA) is 46.6 Å². The molecule has 0 N–H and O–H groups in total. The molecule has 1 aromatic rings. The summed E-state index contributed by atoms with van der Waals surface area (Å²) in [6, 6.07) is 5.07. The molecule has 0 aromatic heterocycles. The molecule has 112 valence electrons. The largest absolute Gasteiger partial charge is 0.452 e. The third-order valence-corrected chi connectivity index (χ3v) is 3.84. The van der Waals surface area contributed by atoms with Crippen LogP contribution in [0, 0.1) is 0 Å². The Labute approximate surface area is 133 Å². The number of carbonyl (C=O) groups excluding carboxylic acids is 2. The molecular weight excluding hydrogens is 313 g/mol. The van der Waals surface area contributed by atoms with Crippen molar-refractivity contribution in [3.8, 4) is 0 Å². The SMILES string of the molecule is O=C(C=Cc1c(Cl)cccc1Cl)OCC(=O)N1CCCC1.